The largest absolute Gasteiger partial charge is 0.365 e. The molecule has 0 radical (unpaired) electrons. The van der Waals surface area contributed by atoms with Crippen LogP contribution in [-0.2, 0) is 17.9 Å². The maximum Gasteiger partial charge on any atom is 0.281 e. The Morgan fingerprint density at radius 2 is 1.84 bits per heavy atom. The molecule has 4 aromatic rings. The van der Waals surface area contributed by atoms with Crippen molar-refractivity contribution in [3.05, 3.63) is 90.0 Å². The quantitative estimate of drug-likeness (QED) is 0.184. The minimum Gasteiger partial charge on any atom is -0.365 e. The number of halogens is 2. The third kappa shape index (κ3) is 4.96. The molecule has 4 rings (SSSR count). The van der Waals surface area contributed by atoms with Gasteiger partial charge in [-0.2, -0.15) is 4.98 Å². The summed E-state index contributed by atoms with van der Waals surface area (Å²) in [5, 5.41) is 0. The molecule has 2 aromatic carbocycles. The van der Waals surface area contributed by atoms with Crippen LogP contribution in [-0.4, -0.2) is 14.5 Å². The van der Waals surface area contributed by atoms with Gasteiger partial charge in [-0.25, -0.2) is 4.98 Å². The summed E-state index contributed by atoms with van der Waals surface area (Å²) in [7, 11) is 0. The molecule has 0 bridgehead atoms. The lowest BCUT2D eigenvalue weighted by Crippen LogP contribution is -2.23. The number of hydrogen-bond acceptors (Lipinski definition) is 5. The van der Waals surface area contributed by atoms with E-state index in [-0.39, 0.29) is 18.3 Å². The number of rotatable bonds is 7. The number of aromatic nitrogens is 3. The highest BCUT2D eigenvalue weighted by Gasteiger charge is 2.18. The molecule has 2 heterocycles. The number of nitrogens with zero attached hydrogens (tertiary/aromatic N) is 3. The van der Waals surface area contributed by atoms with Crippen molar-refractivity contribution < 1.29 is 4.74 Å². The molecule has 0 fully saturated rings. The van der Waals surface area contributed by atoms with Crippen LogP contribution in [0.5, 0.6) is 0 Å². The van der Waals surface area contributed by atoms with Gasteiger partial charge in [0, 0.05) is 12.7 Å². The van der Waals surface area contributed by atoms with Crippen molar-refractivity contribution in [3.8, 4) is 22.3 Å². The fourth-order valence-electron chi connectivity index (χ4n) is 3.46. The number of benzene rings is 2. The summed E-state index contributed by atoms with van der Waals surface area (Å²) in [6.07, 6.45) is 1.52. The lowest BCUT2D eigenvalue weighted by atomic mass is 10.0. The molecule has 0 amide bonds. The average Bonchev–Trinajstić information content (AvgIpc) is 3.24. The van der Waals surface area contributed by atoms with Crippen molar-refractivity contribution >= 4 is 45.5 Å². The van der Waals surface area contributed by atoms with E-state index < -0.39 is 0 Å². The molecule has 0 aliphatic heterocycles. The molecular formula is C24H21ClIN3O2S. The molecule has 8 heteroatoms. The lowest BCUT2D eigenvalue weighted by molar-refractivity contribution is 0.0479. The van der Waals surface area contributed by atoms with Crippen molar-refractivity contribution in [1.29, 1.82) is 0 Å². The third-order valence-electron chi connectivity index (χ3n) is 5.13. The molecule has 0 N–H and O–H groups in total. The standard InChI is InChI=1S/C24H21ClIN3O2S/c1-3-29-20(14-31-15(2)19-13-27-24(25)32-19)28-23(30)21(22(29)26)18-11-7-10-17(12-18)16-8-5-4-6-9-16/h4-13,15H,3,14H2,1-2H3. The second-order valence-corrected chi connectivity index (χ2v) is 9.83. The predicted molar refractivity (Wildman–Crippen MR) is 138 cm³/mol. The highest BCUT2D eigenvalue weighted by atomic mass is 127. The normalized spacial score (nSPS) is 12.1. The summed E-state index contributed by atoms with van der Waals surface area (Å²) < 4.78 is 9.35. The zero-order valence-electron chi connectivity index (χ0n) is 17.6. The Bertz CT molecular complexity index is 1290. The van der Waals surface area contributed by atoms with Gasteiger partial charge in [-0.1, -0.05) is 60.1 Å². The zero-order chi connectivity index (χ0) is 22.7. The third-order valence-corrected chi connectivity index (χ3v) is 7.53. The highest BCUT2D eigenvalue weighted by Crippen LogP contribution is 2.29. The smallest absolute Gasteiger partial charge is 0.281 e. The fourth-order valence-corrected chi connectivity index (χ4v) is 5.58. The minimum atomic E-state index is -0.253. The van der Waals surface area contributed by atoms with Gasteiger partial charge in [0.1, 0.15) is 12.4 Å². The molecule has 1 unspecified atom stereocenters. The van der Waals surface area contributed by atoms with Crippen LogP contribution in [0.3, 0.4) is 0 Å². The summed E-state index contributed by atoms with van der Waals surface area (Å²) in [6, 6.07) is 18.1. The summed E-state index contributed by atoms with van der Waals surface area (Å²) >= 11 is 9.55. The van der Waals surface area contributed by atoms with Crippen LogP contribution in [0.4, 0.5) is 0 Å². The second kappa shape index (κ2) is 10.2. The van der Waals surface area contributed by atoms with Gasteiger partial charge >= 0.3 is 0 Å². The van der Waals surface area contributed by atoms with E-state index in [0.717, 1.165) is 25.3 Å². The SMILES string of the molecule is CCn1c(COC(C)c2cnc(Cl)s2)nc(=O)c(-c2cccc(-c3ccccc3)c2)c1I. The van der Waals surface area contributed by atoms with Crippen LogP contribution in [0.15, 0.2) is 65.6 Å². The van der Waals surface area contributed by atoms with Crippen molar-refractivity contribution in [2.24, 2.45) is 0 Å². The minimum absolute atomic E-state index is 0.193. The summed E-state index contributed by atoms with van der Waals surface area (Å²) in [5.41, 5.74) is 3.38. The second-order valence-electron chi connectivity index (χ2n) is 7.16. The van der Waals surface area contributed by atoms with Gasteiger partial charge < -0.3 is 9.30 Å². The summed E-state index contributed by atoms with van der Waals surface area (Å²) in [5.74, 6) is 0.604. The number of thiazole rings is 1. The molecule has 0 aliphatic carbocycles. The van der Waals surface area contributed by atoms with Gasteiger partial charge in [0.05, 0.1) is 20.2 Å². The Balaban J connectivity index is 1.66. The van der Waals surface area contributed by atoms with Crippen LogP contribution in [0.1, 0.15) is 30.7 Å². The van der Waals surface area contributed by atoms with Gasteiger partial charge in [0.2, 0.25) is 0 Å². The predicted octanol–water partition coefficient (Wildman–Crippen LogP) is 6.59. The van der Waals surface area contributed by atoms with E-state index in [1.165, 1.54) is 11.3 Å². The summed E-state index contributed by atoms with van der Waals surface area (Å²) in [6.45, 7) is 4.87. The van der Waals surface area contributed by atoms with Crippen molar-refractivity contribution in [2.45, 2.75) is 33.1 Å². The van der Waals surface area contributed by atoms with Crippen LogP contribution >= 0.6 is 45.5 Å². The average molecular weight is 578 g/mol. The van der Waals surface area contributed by atoms with E-state index in [0.29, 0.717) is 22.4 Å². The molecule has 32 heavy (non-hydrogen) atoms. The molecule has 1 atom stereocenters. The highest BCUT2D eigenvalue weighted by molar-refractivity contribution is 14.1. The fraction of sp³-hybridized carbons (Fsp3) is 0.208. The van der Waals surface area contributed by atoms with Gasteiger partial charge in [-0.15, -0.1) is 11.3 Å². The lowest BCUT2D eigenvalue weighted by Gasteiger charge is -2.18. The first-order valence-electron chi connectivity index (χ1n) is 10.2. The van der Waals surface area contributed by atoms with Crippen LogP contribution < -0.4 is 5.56 Å². The van der Waals surface area contributed by atoms with Gasteiger partial charge in [-0.3, -0.25) is 4.79 Å². The monoisotopic (exact) mass is 577 g/mol. The molecule has 164 valence electrons. The van der Waals surface area contributed by atoms with Crippen LogP contribution in [0.2, 0.25) is 4.47 Å². The van der Waals surface area contributed by atoms with Crippen LogP contribution in [0.25, 0.3) is 22.3 Å². The van der Waals surface area contributed by atoms with Gasteiger partial charge in [-0.05, 0) is 59.2 Å². The Labute approximate surface area is 209 Å². The van der Waals surface area contributed by atoms with Crippen LogP contribution in [0, 0.1) is 3.70 Å². The topological polar surface area (TPSA) is 57.0 Å². The van der Waals surface area contributed by atoms with Gasteiger partial charge in [0.15, 0.2) is 4.47 Å². The van der Waals surface area contributed by atoms with Crippen molar-refractivity contribution in [1.82, 2.24) is 14.5 Å². The molecule has 0 spiro atoms. The zero-order valence-corrected chi connectivity index (χ0v) is 21.3. The molecular weight excluding hydrogens is 557 g/mol. The van der Waals surface area contributed by atoms with Crippen molar-refractivity contribution in [2.75, 3.05) is 0 Å². The Morgan fingerprint density at radius 3 is 2.53 bits per heavy atom. The first-order chi connectivity index (χ1) is 15.5. The van der Waals surface area contributed by atoms with Gasteiger partial charge in [0.25, 0.3) is 5.56 Å². The van der Waals surface area contributed by atoms with E-state index in [4.69, 9.17) is 16.3 Å². The van der Waals surface area contributed by atoms with E-state index in [2.05, 4.69) is 44.7 Å². The number of hydrogen-bond donors (Lipinski definition) is 0. The molecule has 0 aliphatic rings. The van der Waals surface area contributed by atoms with E-state index in [9.17, 15) is 4.79 Å². The molecule has 5 nitrogen and oxygen atoms in total. The maximum atomic E-state index is 13.1. The molecule has 0 saturated carbocycles. The first-order valence-corrected chi connectivity index (χ1v) is 12.4. The maximum absolute atomic E-state index is 13.1. The van der Waals surface area contributed by atoms with E-state index in [1.54, 1.807) is 6.20 Å². The first kappa shape index (κ1) is 23.1. The van der Waals surface area contributed by atoms with Crippen molar-refractivity contribution in [3.63, 3.8) is 0 Å². The Kier molecular flexibility index (Phi) is 7.40. The number of ether oxygens (including phenoxy) is 1. The van der Waals surface area contributed by atoms with E-state index >= 15 is 0 Å². The summed E-state index contributed by atoms with van der Waals surface area (Å²) in [4.78, 5) is 22.5. The Morgan fingerprint density at radius 1 is 1.12 bits per heavy atom. The molecule has 2 aromatic heterocycles. The Hall–Kier alpha value is -2.07. The molecule has 0 saturated heterocycles. The van der Waals surface area contributed by atoms with E-state index in [1.807, 2.05) is 60.9 Å².